The molecule has 0 bridgehead atoms. The third-order valence-corrected chi connectivity index (χ3v) is 3.48. The largest absolute Gasteiger partial charge is 0.452 e. The molecule has 4 rings (SSSR count). The van der Waals surface area contributed by atoms with Gasteiger partial charge in [-0.15, -0.1) is 0 Å². The van der Waals surface area contributed by atoms with Gasteiger partial charge in [0.05, 0.1) is 5.56 Å². The summed E-state index contributed by atoms with van der Waals surface area (Å²) < 4.78 is 5.64. The first-order valence-corrected chi connectivity index (χ1v) is 6.42. The highest BCUT2D eigenvalue weighted by Gasteiger charge is 2.26. The second-order valence-electron chi connectivity index (χ2n) is 4.73. The molecule has 20 heavy (non-hydrogen) atoms. The van der Waals surface area contributed by atoms with Gasteiger partial charge in [-0.1, -0.05) is 30.3 Å². The van der Waals surface area contributed by atoms with Crippen LogP contribution >= 0.6 is 0 Å². The Bertz CT molecular complexity index is 858. The fraction of sp³-hybridized carbons (Fsp3) is 0. The minimum Gasteiger partial charge on any atom is -0.452 e. The van der Waals surface area contributed by atoms with Crippen molar-refractivity contribution in [2.24, 2.45) is 0 Å². The van der Waals surface area contributed by atoms with Gasteiger partial charge < -0.3 is 9.72 Å². The number of aromatic nitrogens is 1. The van der Waals surface area contributed by atoms with Crippen molar-refractivity contribution < 1.29 is 9.53 Å². The average Bonchev–Trinajstić information content (AvgIpc) is 3.03. The van der Waals surface area contributed by atoms with E-state index in [4.69, 9.17) is 4.74 Å². The van der Waals surface area contributed by atoms with Crippen molar-refractivity contribution in [2.45, 2.75) is 0 Å². The van der Waals surface area contributed by atoms with Crippen LogP contribution in [-0.2, 0) is 0 Å². The molecule has 0 saturated heterocycles. The summed E-state index contributed by atoms with van der Waals surface area (Å²) in [7, 11) is 0. The van der Waals surface area contributed by atoms with E-state index in [-0.39, 0.29) is 5.78 Å². The molecule has 2 aromatic carbocycles. The van der Waals surface area contributed by atoms with Crippen LogP contribution in [0.1, 0.15) is 15.9 Å². The molecule has 2 heterocycles. The second-order valence-corrected chi connectivity index (χ2v) is 4.73. The zero-order valence-electron chi connectivity index (χ0n) is 10.6. The summed E-state index contributed by atoms with van der Waals surface area (Å²) in [4.78, 5) is 15.4. The van der Waals surface area contributed by atoms with Crippen molar-refractivity contribution >= 4 is 22.8 Å². The molecule has 3 nitrogen and oxygen atoms in total. The molecule has 1 aliphatic rings. The molecule has 0 unspecified atom stereocenters. The number of Topliss-reactive ketones (excluding diaryl/α,β-unsaturated/α-hetero) is 1. The molecule has 96 valence electrons. The Morgan fingerprint density at radius 3 is 2.70 bits per heavy atom. The maximum Gasteiger partial charge on any atom is 0.231 e. The van der Waals surface area contributed by atoms with E-state index in [2.05, 4.69) is 4.98 Å². The molecule has 0 atom stereocenters. The number of hydrogen-bond acceptors (Lipinski definition) is 2. The Morgan fingerprint density at radius 2 is 1.80 bits per heavy atom. The topological polar surface area (TPSA) is 42.1 Å². The van der Waals surface area contributed by atoms with Gasteiger partial charge in [0, 0.05) is 22.7 Å². The monoisotopic (exact) mass is 261 g/mol. The fourth-order valence-corrected chi connectivity index (χ4v) is 2.49. The summed E-state index contributed by atoms with van der Waals surface area (Å²) in [6.45, 7) is 0. The van der Waals surface area contributed by atoms with Gasteiger partial charge >= 0.3 is 0 Å². The van der Waals surface area contributed by atoms with E-state index in [0.29, 0.717) is 17.1 Å². The van der Waals surface area contributed by atoms with Gasteiger partial charge in [0.25, 0.3) is 0 Å². The molecular weight excluding hydrogens is 250 g/mol. The van der Waals surface area contributed by atoms with Crippen LogP contribution < -0.4 is 4.74 Å². The van der Waals surface area contributed by atoms with E-state index in [1.165, 1.54) is 0 Å². The summed E-state index contributed by atoms with van der Waals surface area (Å²) in [6.07, 6.45) is 3.68. The molecule has 0 radical (unpaired) electrons. The molecule has 3 heteroatoms. The minimum atomic E-state index is -0.0640. The SMILES string of the molecule is O=C1/C(=C\c2c[nH]c3ccccc23)Oc2ccccc21. The molecule has 0 aliphatic carbocycles. The molecule has 1 aromatic heterocycles. The number of para-hydroxylation sites is 2. The number of benzene rings is 2. The lowest BCUT2D eigenvalue weighted by Gasteiger charge is -1.97. The predicted molar refractivity (Wildman–Crippen MR) is 77.7 cm³/mol. The van der Waals surface area contributed by atoms with Gasteiger partial charge in [0.2, 0.25) is 5.78 Å². The number of carbonyl (C=O) groups excluding carboxylic acids is 1. The van der Waals surface area contributed by atoms with Crippen LogP contribution in [0.4, 0.5) is 0 Å². The number of ketones is 1. The van der Waals surface area contributed by atoms with Crippen LogP contribution in [0.2, 0.25) is 0 Å². The van der Waals surface area contributed by atoms with Crippen LogP contribution in [0, 0.1) is 0 Å². The highest BCUT2D eigenvalue weighted by molar-refractivity contribution is 6.15. The van der Waals surface area contributed by atoms with Gasteiger partial charge in [-0.2, -0.15) is 0 Å². The number of ether oxygens (including phenoxy) is 1. The molecule has 3 aromatic rings. The fourth-order valence-electron chi connectivity index (χ4n) is 2.49. The van der Waals surface area contributed by atoms with Gasteiger partial charge in [-0.3, -0.25) is 4.79 Å². The Balaban J connectivity index is 1.81. The van der Waals surface area contributed by atoms with Crippen LogP contribution in [0.25, 0.3) is 17.0 Å². The smallest absolute Gasteiger partial charge is 0.231 e. The first kappa shape index (κ1) is 11.1. The molecular formula is C17H11NO2. The Hall–Kier alpha value is -2.81. The van der Waals surface area contributed by atoms with Crippen molar-refractivity contribution in [3.8, 4) is 5.75 Å². The normalized spacial score (nSPS) is 15.6. The van der Waals surface area contributed by atoms with Gasteiger partial charge in [0.15, 0.2) is 5.76 Å². The van der Waals surface area contributed by atoms with Gasteiger partial charge in [0.1, 0.15) is 5.75 Å². The summed E-state index contributed by atoms with van der Waals surface area (Å²) in [5.74, 6) is 0.936. The molecule has 1 N–H and O–H groups in total. The molecule has 0 spiro atoms. The highest BCUT2D eigenvalue weighted by Crippen LogP contribution is 2.32. The zero-order valence-corrected chi connectivity index (χ0v) is 10.6. The van der Waals surface area contributed by atoms with Crippen LogP contribution in [0.5, 0.6) is 5.75 Å². The number of H-pyrrole nitrogens is 1. The van der Waals surface area contributed by atoms with Crippen molar-refractivity contribution in [1.82, 2.24) is 4.98 Å². The third-order valence-electron chi connectivity index (χ3n) is 3.48. The van der Waals surface area contributed by atoms with Crippen LogP contribution in [0.3, 0.4) is 0 Å². The average molecular weight is 261 g/mol. The number of carbonyl (C=O) groups is 1. The lowest BCUT2D eigenvalue weighted by molar-refractivity contribution is 0.101. The number of allylic oxidation sites excluding steroid dienone is 1. The number of hydrogen-bond donors (Lipinski definition) is 1. The van der Waals surface area contributed by atoms with Crippen molar-refractivity contribution in [3.63, 3.8) is 0 Å². The van der Waals surface area contributed by atoms with Crippen LogP contribution in [0.15, 0.2) is 60.5 Å². The lowest BCUT2D eigenvalue weighted by atomic mass is 10.1. The van der Waals surface area contributed by atoms with E-state index < -0.39 is 0 Å². The Kier molecular flexibility index (Phi) is 2.27. The summed E-state index contributed by atoms with van der Waals surface area (Å²) in [5, 5.41) is 1.08. The molecule has 0 saturated carbocycles. The van der Waals surface area contributed by atoms with E-state index >= 15 is 0 Å². The lowest BCUT2D eigenvalue weighted by Crippen LogP contribution is -1.97. The van der Waals surface area contributed by atoms with Crippen LogP contribution in [-0.4, -0.2) is 10.8 Å². The van der Waals surface area contributed by atoms with E-state index in [9.17, 15) is 4.79 Å². The Morgan fingerprint density at radius 1 is 1.00 bits per heavy atom. The maximum absolute atomic E-state index is 12.3. The quantitative estimate of drug-likeness (QED) is 0.677. The molecule has 1 aliphatic heterocycles. The second kappa shape index (κ2) is 4.10. The Labute approximate surface area is 115 Å². The minimum absolute atomic E-state index is 0.0640. The third kappa shape index (κ3) is 1.57. The number of fused-ring (bicyclic) bond motifs is 2. The maximum atomic E-state index is 12.3. The summed E-state index contributed by atoms with van der Waals surface area (Å²) in [6, 6.07) is 15.3. The summed E-state index contributed by atoms with van der Waals surface area (Å²) in [5.41, 5.74) is 2.62. The van der Waals surface area contributed by atoms with E-state index in [0.717, 1.165) is 16.5 Å². The standard InChI is InChI=1S/C17H11NO2/c19-17-13-6-2-4-8-15(13)20-16(17)9-11-10-18-14-7-3-1-5-12(11)14/h1-10,18H/b16-9+. The van der Waals surface area contributed by atoms with E-state index in [1.54, 1.807) is 12.1 Å². The molecule has 0 fully saturated rings. The number of nitrogens with one attached hydrogen (secondary N) is 1. The van der Waals surface area contributed by atoms with E-state index in [1.807, 2.05) is 48.7 Å². The van der Waals surface area contributed by atoms with Crippen molar-refractivity contribution in [3.05, 3.63) is 71.6 Å². The first-order valence-electron chi connectivity index (χ1n) is 6.42. The molecule has 0 amide bonds. The number of aromatic amines is 1. The predicted octanol–water partition coefficient (Wildman–Crippen LogP) is 3.78. The van der Waals surface area contributed by atoms with Gasteiger partial charge in [-0.05, 0) is 24.3 Å². The van der Waals surface area contributed by atoms with Gasteiger partial charge in [-0.25, -0.2) is 0 Å². The number of rotatable bonds is 1. The van der Waals surface area contributed by atoms with Crippen molar-refractivity contribution in [1.29, 1.82) is 0 Å². The summed E-state index contributed by atoms with van der Waals surface area (Å²) >= 11 is 0. The zero-order chi connectivity index (χ0) is 13.5. The van der Waals surface area contributed by atoms with Crippen molar-refractivity contribution in [2.75, 3.05) is 0 Å². The first-order chi connectivity index (χ1) is 9.83. The highest BCUT2D eigenvalue weighted by atomic mass is 16.5.